The van der Waals surface area contributed by atoms with Gasteiger partial charge in [-0.15, -0.1) is 22.7 Å². The van der Waals surface area contributed by atoms with Crippen molar-refractivity contribution in [3.05, 3.63) is 140 Å². The summed E-state index contributed by atoms with van der Waals surface area (Å²) in [7, 11) is 2.84. The van der Waals surface area contributed by atoms with E-state index in [0.717, 1.165) is 90.2 Å². The van der Waals surface area contributed by atoms with Crippen molar-refractivity contribution in [3.63, 3.8) is 0 Å². The highest BCUT2D eigenvalue weighted by atomic mass is 32.1. The number of nitrogens with two attached hydrogens (primary N) is 1. The Morgan fingerprint density at radius 3 is 1.99 bits per heavy atom. The number of amides is 1. The van der Waals surface area contributed by atoms with Crippen molar-refractivity contribution in [3.8, 4) is 0 Å². The number of carbonyl (C=O) groups excluding carboxylic acids is 1. The number of ether oxygens (including phenoxy) is 1. The first-order chi connectivity index (χ1) is 33.8. The van der Waals surface area contributed by atoms with Gasteiger partial charge in [-0.3, -0.25) is 19.3 Å². The third kappa shape index (κ3) is 12.2. The van der Waals surface area contributed by atoms with E-state index in [1.165, 1.54) is 4.88 Å². The van der Waals surface area contributed by atoms with Gasteiger partial charge in [0.25, 0.3) is 5.91 Å². The molecule has 0 saturated heterocycles. The predicted octanol–water partition coefficient (Wildman–Crippen LogP) is 9.11. The van der Waals surface area contributed by atoms with Gasteiger partial charge in [0.2, 0.25) is 0 Å². The van der Waals surface area contributed by atoms with Crippen LogP contribution in [0.1, 0.15) is 118 Å². The number of carboxylic acids is 1. The molecule has 5 N–H and O–H groups in total. The average Bonchev–Trinajstić information content (AvgIpc) is 4.16. The molecule has 0 spiro atoms. The maximum absolute atomic E-state index is 13.0. The monoisotopic (exact) mass is 1020 g/mol. The van der Waals surface area contributed by atoms with Crippen molar-refractivity contribution in [1.29, 1.82) is 0 Å². The summed E-state index contributed by atoms with van der Waals surface area (Å²) in [4.78, 5) is 35.6. The molecule has 2 unspecified atom stereocenters. The van der Waals surface area contributed by atoms with Crippen LogP contribution in [-0.4, -0.2) is 90.3 Å². The molecule has 376 valence electrons. The zero-order valence-electron chi connectivity index (χ0n) is 42.1. The summed E-state index contributed by atoms with van der Waals surface area (Å²) in [5.41, 5.74) is 12.2. The second-order valence-electron chi connectivity index (χ2n) is 21.2. The number of carbonyl (C=O) groups is 2. The Morgan fingerprint density at radius 1 is 0.859 bits per heavy atom. The lowest BCUT2D eigenvalue weighted by Crippen LogP contribution is -2.25. The lowest BCUT2D eigenvalue weighted by atomic mass is 9.76. The molecule has 0 aliphatic heterocycles. The fraction of sp³-hybridized carbons (Fsp3) is 0.440. The fourth-order valence-corrected chi connectivity index (χ4v) is 11.4. The number of aryl methyl sites for hydroxylation is 2. The highest BCUT2D eigenvalue weighted by Crippen LogP contribution is 2.37. The van der Waals surface area contributed by atoms with Gasteiger partial charge in [-0.25, -0.2) is 19.4 Å². The van der Waals surface area contributed by atoms with E-state index in [1.54, 1.807) is 52.1 Å². The number of aromatic amines is 1. The van der Waals surface area contributed by atoms with Gasteiger partial charge in [0.15, 0.2) is 11.4 Å². The number of fused-ring (bicyclic) bond motifs is 2. The summed E-state index contributed by atoms with van der Waals surface area (Å²) in [6, 6.07) is 9.12. The minimum atomic E-state index is -1.11. The van der Waals surface area contributed by atoms with E-state index in [-0.39, 0.29) is 34.5 Å². The molecule has 2 aliphatic rings. The maximum Gasteiger partial charge on any atom is 0.356 e. The molecule has 10 rings (SSSR count). The van der Waals surface area contributed by atoms with Crippen molar-refractivity contribution >= 4 is 54.0 Å². The van der Waals surface area contributed by atoms with E-state index in [0.29, 0.717) is 23.8 Å². The molecule has 1 amide bonds. The Bertz CT molecular complexity index is 3040. The van der Waals surface area contributed by atoms with Crippen molar-refractivity contribution in [1.82, 2.24) is 58.6 Å². The molecule has 0 fully saturated rings. The molecule has 21 heteroatoms. The van der Waals surface area contributed by atoms with Crippen LogP contribution in [0.15, 0.2) is 84.6 Å². The van der Waals surface area contributed by atoms with Crippen molar-refractivity contribution in [2.24, 2.45) is 24.9 Å². The molecule has 0 aromatic carbocycles. The van der Waals surface area contributed by atoms with Crippen LogP contribution < -0.4 is 11.1 Å². The van der Waals surface area contributed by atoms with Crippen LogP contribution in [0.3, 0.4) is 0 Å². The number of H-pyrrole nitrogens is 1. The third-order valence-corrected chi connectivity index (χ3v) is 16.5. The first kappa shape index (κ1) is 50.9. The number of nitrogens with one attached hydrogen (secondary N) is 2. The molecule has 8 heterocycles. The number of thiophene rings is 2. The summed E-state index contributed by atoms with van der Waals surface area (Å²) in [6.07, 6.45) is 19.9. The maximum atomic E-state index is 13.0. The Morgan fingerprint density at radius 2 is 1.45 bits per heavy atom. The Labute approximate surface area is 423 Å². The van der Waals surface area contributed by atoms with Crippen molar-refractivity contribution < 1.29 is 19.4 Å². The van der Waals surface area contributed by atoms with Gasteiger partial charge in [0.05, 0.1) is 23.8 Å². The number of rotatable bonds is 14. The molecular weight excluding hydrogens is 953 g/mol. The highest BCUT2D eigenvalue weighted by molar-refractivity contribution is 7.10. The Kier molecular flexibility index (Phi) is 15.2. The highest BCUT2D eigenvalue weighted by Gasteiger charge is 2.34. The summed E-state index contributed by atoms with van der Waals surface area (Å²) < 4.78 is 15.2. The number of nitrogen functional groups attached to an aromatic ring is 1. The number of carboxylic acid groups (broad SMARTS) is 1. The minimum Gasteiger partial charge on any atom is -0.476 e. The van der Waals surface area contributed by atoms with Gasteiger partial charge in [-0.05, 0) is 78.3 Å². The lowest BCUT2D eigenvalue weighted by Gasteiger charge is -2.30. The van der Waals surface area contributed by atoms with Crippen molar-refractivity contribution in [2.75, 3.05) is 17.7 Å². The number of hydrogen-bond acceptors (Lipinski definition) is 12. The van der Waals surface area contributed by atoms with Crippen LogP contribution in [0.5, 0.6) is 0 Å². The minimum absolute atomic E-state index is 0.0256. The normalized spacial score (nSPS) is 15.6. The zero-order chi connectivity index (χ0) is 50.7. The van der Waals surface area contributed by atoms with Gasteiger partial charge in [0.1, 0.15) is 30.5 Å². The van der Waals surface area contributed by atoms with E-state index >= 15 is 0 Å². The van der Waals surface area contributed by atoms with E-state index in [1.807, 2.05) is 74.9 Å². The predicted molar refractivity (Wildman–Crippen MR) is 280 cm³/mol. The fourth-order valence-electron chi connectivity index (χ4n) is 9.00. The Balaban J connectivity index is 0.000000149. The number of hydrogen-bond donors (Lipinski definition) is 4. The molecule has 0 radical (unpaired) electrons. The smallest absolute Gasteiger partial charge is 0.356 e. The van der Waals surface area contributed by atoms with Crippen LogP contribution in [0, 0.1) is 10.8 Å². The van der Waals surface area contributed by atoms with E-state index in [4.69, 9.17) is 10.5 Å². The van der Waals surface area contributed by atoms with Crippen LogP contribution in [0.2, 0.25) is 25.7 Å². The van der Waals surface area contributed by atoms with Crippen LogP contribution in [-0.2, 0) is 51.2 Å². The summed E-state index contributed by atoms with van der Waals surface area (Å²) in [5, 5.41) is 37.0. The Hall–Kier alpha value is -6.42. The number of imidazole rings is 2. The standard InChI is InChI=1S/C22H25N7OS.C16H28N2O3Si.C12H13N5S/c1-22(2)7-6-15-16(11-22)26-27-18(15)21(30)25-14-12-24-29(13-14)19(17-5-4-10-31-17)20-23-8-9-28(20)3;1-16(2)7-6-12-13(10-16)18(17-14(12)15(19)20)11-21-8-9-22(3,4)5;1-16-5-4-14-12(16)11(10-3-2-6-18-10)17-8-9(13)7-15-17/h4-5,8-10,12-13,19H,6-7,11H2,1-3H3,(H,25,30)(H,26,27);6-11H2,1-5H3,(H,19,20);2-8,11H,13H2,1H3. The molecule has 2 aliphatic carbocycles. The molecular formula is C50H66N14O4S2Si. The van der Waals surface area contributed by atoms with Gasteiger partial charge in [-0.2, -0.15) is 20.4 Å². The largest absolute Gasteiger partial charge is 0.476 e. The number of aromatic carboxylic acids is 1. The topological polar surface area (TPSA) is 219 Å². The van der Waals surface area contributed by atoms with Crippen LogP contribution in [0.4, 0.5) is 11.4 Å². The molecule has 18 nitrogen and oxygen atoms in total. The second kappa shape index (κ2) is 21.1. The number of aromatic nitrogens is 12. The third-order valence-electron chi connectivity index (χ3n) is 13.0. The van der Waals surface area contributed by atoms with Gasteiger partial charge < -0.3 is 30.0 Å². The zero-order valence-corrected chi connectivity index (χ0v) is 44.7. The molecule has 0 bridgehead atoms. The van der Waals surface area contributed by atoms with E-state index in [2.05, 4.69) is 106 Å². The van der Waals surface area contributed by atoms with E-state index in [9.17, 15) is 14.7 Å². The second-order valence-corrected chi connectivity index (χ2v) is 28.8. The SMILES string of the molecule is CC1(C)CCc2c(C(=O)O)nn(COCC[Si](C)(C)C)c2C1.Cn1ccnc1C(c1cccs1)n1cc(N)cn1.Cn1ccnc1C(c1cccs1)n1cc(NC(=O)c2n[nH]c3c2CCC(C)(C)C3)cn1. The average molecular weight is 1020 g/mol. The molecule has 0 saturated carbocycles. The summed E-state index contributed by atoms with van der Waals surface area (Å²) in [6.45, 7) is 17.0. The lowest BCUT2D eigenvalue weighted by molar-refractivity contribution is 0.0667. The first-order valence-corrected chi connectivity index (χ1v) is 29.3. The van der Waals surface area contributed by atoms with Gasteiger partial charge in [-0.1, -0.05) is 59.5 Å². The van der Waals surface area contributed by atoms with Gasteiger partial charge in [0, 0.05) is 98.2 Å². The molecule has 2 atom stereocenters. The van der Waals surface area contributed by atoms with Crippen LogP contribution in [0.25, 0.3) is 0 Å². The number of anilines is 2. The molecule has 71 heavy (non-hydrogen) atoms. The van der Waals surface area contributed by atoms with Crippen LogP contribution >= 0.6 is 22.7 Å². The first-order valence-electron chi connectivity index (χ1n) is 23.9. The van der Waals surface area contributed by atoms with Crippen molar-refractivity contribution in [2.45, 2.75) is 111 Å². The molecule has 8 aromatic heterocycles. The van der Waals surface area contributed by atoms with Gasteiger partial charge >= 0.3 is 5.97 Å². The summed E-state index contributed by atoms with van der Waals surface area (Å²) in [5.74, 6) is 0.686. The summed E-state index contributed by atoms with van der Waals surface area (Å²) >= 11 is 3.34. The molecule has 8 aromatic rings. The number of nitrogens with zero attached hydrogens (tertiary/aromatic N) is 11. The van der Waals surface area contributed by atoms with E-state index < -0.39 is 14.0 Å². The quantitative estimate of drug-likeness (QED) is 0.0594.